The molecular formula is C23H22N2O4S. The number of carbonyl (C=O) groups is 3. The van der Waals surface area contributed by atoms with E-state index in [1.165, 1.54) is 25.4 Å². The number of fused-ring (bicyclic) bond motifs is 2. The van der Waals surface area contributed by atoms with Crippen LogP contribution in [0.15, 0.2) is 42.5 Å². The van der Waals surface area contributed by atoms with Gasteiger partial charge >= 0.3 is 5.97 Å². The van der Waals surface area contributed by atoms with Crippen LogP contribution >= 0.6 is 11.3 Å². The molecule has 2 heterocycles. The molecule has 1 aromatic heterocycles. The number of methoxy groups -OCH3 is 1. The molecule has 1 N–H and O–H groups in total. The van der Waals surface area contributed by atoms with Crippen LogP contribution in [0, 0.1) is 0 Å². The summed E-state index contributed by atoms with van der Waals surface area (Å²) in [7, 11) is 1.33. The van der Waals surface area contributed by atoms with Crippen molar-refractivity contribution in [1.82, 2.24) is 4.90 Å². The lowest BCUT2D eigenvalue weighted by Crippen LogP contribution is -2.33. The van der Waals surface area contributed by atoms with Crippen LogP contribution in [0.2, 0.25) is 0 Å². The van der Waals surface area contributed by atoms with E-state index in [0.717, 1.165) is 26.8 Å². The third-order valence-electron chi connectivity index (χ3n) is 5.38. The van der Waals surface area contributed by atoms with Crippen molar-refractivity contribution >= 4 is 44.9 Å². The molecule has 154 valence electrons. The predicted octanol–water partition coefficient (Wildman–Crippen LogP) is 3.77. The van der Waals surface area contributed by atoms with Crippen LogP contribution in [0.4, 0.5) is 5.00 Å². The minimum Gasteiger partial charge on any atom is -0.465 e. The summed E-state index contributed by atoms with van der Waals surface area (Å²) in [4.78, 5) is 39.7. The van der Waals surface area contributed by atoms with E-state index in [4.69, 9.17) is 4.74 Å². The fraction of sp³-hybridized carbons (Fsp3) is 0.261. The van der Waals surface area contributed by atoms with Gasteiger partial charge in [0, 0.05) is 18.3 Å². The summed E-state index contributed by atoms with van der Waals surface area (Å²) in [5.74, 6) is -0.669. The summed E-state index contributed by atoms with van der Waals surface area (Å²) in [6.07, 6.45) is 0.763. The smallest absolute Gasteiger partial charge is 0.341 e. The number of amides is 2. The van der Waals surface area contributed by atoms with Gasteiger partial charge in [-0.25, -0.2) is 4.79 Å². The Balaban J connectivity index is 1.61. The highest BCUT2D eigenvalue weighted by molar-refractivity contribution is 7.17. The lowest BCUT2D eigenvalue weighted by molar-refractivity contribution is -0.129. The summed E-state index contributed by atoms with van der Waals surface area (Å²) in [6.45, 7) is 2.53. The Morgan fingerprint density at radius 1 is 1.13 bits per heavy atom. The Bertz CT molecular complexity index is 1150. The number of anilines is 1. The van der Waals surface area contributed by atoms with Crippen LogP contribution in [0.25, 0.3) is 10.8 Å². The van der Waals surface area contributed by atoms with E-state index >= 15 is 0 Å². The molecule has 0 bridgehead atoms. The van der Waals surface area contributed by atoms with Crippen molar-refractivity contribution in [3.8, 4) is 0 Å². The number of esters is 1. The topological polar surface area (TPSA) is 75.7 Å². The molecule has 0 fully saturated rings. The highest BCUT2D eigenvalue weighted by Crippen LogP contribution is 2.37. The zero-order chi connectivity index (χ0) is 21.3. The van der Waals surface area contributed by atoms with Gasteiger partial charge in [0.2, 0.25) is 11.8 Å². The van der Waals surface area contributed by atoms with Gasteiger partial charge < -0.3 is 15.0 Å². The largest absolute Gasteiger partial charge is 0.465 e. The summed E-state index contributed by atoms with van der Waals surface area (Å²) < 4.78 is 4.97. The molecule has 0 aliphatic carbocycles. The van der Waals surface area contributed by atoms with Crippen LogP contribution in [0.3, 0.4) is 0 Å². The second-order valence-electron chi connectivity index (χ2n) is 7.25. The minimum atomic E-state index is -0.468. The first-order valence-corrected chi connectivity index (χ1v) is 10.5. The maximum atomic E-state index is 12.9. The number of benzene rings is 2. The van der Waals surface area contributed by atoms with Crippen LogP contribution in [0.5, 0.6) is 0 Å². The average molecular weight is 423 g/mol. The molecule has 0 unspecified atom stereocenters. The summed E-state index contributed by atoms with van der Waals surface area (Å²) in [6, 6.07) is 13.8. The molecule has 0 atom stereocenters. The van der Waals surface area contributed by atoms with E-state index in [2.05, 4.69) is 5.32 Å². The van der Waals surface area contributed by atoms with Crippen molar-refractivity contribution in [3.63, 3.8) is 0 Å². The first kappa shape index (κ1) is 20.1. The average Bonchev–Trinajstić information content (AvgIpc) is 3.10. The van der Waals surface area contributed by atoms with Gasteiger partial charge in [0.1, 0.15) is 5.00 Å². The molecule has 0 saturated heterocycles. The lowest BCUT2D eigenvalue weighted by Gasteiger charge is -2.25. The highest BCUT2D eigenvalue weighted by atomic mass is 32.1. The van der Waals surface area contributed by atoms with E-state index in [9.17, 15) is 14.4 Å². The molecule has 0 saturated carbocycles. The molecule has 2 amide bonds. The SMILES string of the molecule is COC(=O)c1c(NC(=O)Cc2cccc3ccccc23)sc2c1CCN(C(C)=O)C2. The van der Waals surface area contributed by atoms with Gasteiger partial charge in [0.25, 0.3) is 0 Å². The molecule has 0 spiro atoms. The number of carbonyl (C=O) groups excluding carboxylic acids is 3. The van der Waals surface area contributed by atoms with Gasteiger partial charge in [-0.2, -0.15) is 0 Å². The van der Waals surface area contributed by atoms with Crippen molar-refractivity contribution in [1.29, 1.82) is 0 Å². The van der Waals surface area contributed by atoms with Crippen LogP contribution in [-0.2, 0) is 33.7 Å². The molecule has 30 heavy (non-hydrogen) atoms. The molecule has 3 aromatic rings. The van der Waals surface area contributed by atoms with Gasteiger partial charge in [-0.15, -0.1) is 11.3 Å². The van der Waals surface area contributed by atoms with E-state index in [1.807, 2.05) is 42.5 Å². The number of thiophene rings is 1. The van der Waals surface area contributed by atoms with Crippen molar-refractivity contribution in [3.05, 3.63) is 64.0 Å². The first-order valence-electron chi connectivity index (χ1n) is 9.72. The second-order valence-corrected chi connectivity index (χ2v) is 8.36. The third-order valence-corrected chi connectivity index (χ3v) is 6.51. The van der Waals surface area contributed by atoms with E-state index in [-0.39, 0.29) is 18.2 Å². The molecule has 1 aliphatic heterocycles. The Kier molecular flexibility index (Phi) is 5.55. The van der Waals surface area contributed by atoms with Crippen LogP contribution < -0.4 is 5.32 Å². The summed E-state index contributed by atoms with van der Waals surface area (Å²) in [5.41, 5.74) is 2.20. The van der Waals surface area contributed by atoms with Crippen molar-refractivity contribution in [2.45, 2.75) is 26.3 Å². The monoisotopic (exact) mass is 422 g/mol. The molecule has 4 rings (SSSR count). The number of nitrogens with one attached hydrogen (secondary N) is 1. The molecule has 2 aromatic carbocycles. The first-order chi connectivity index (χ1) is 14.5. The van der Waals surface area contributed by atoms with Crippen LogP contribution in [-0.4, -0.2) is 36.3 Å². The molecule has 0 radical (unpaired) electrons. The Morgan fingerprint density at radius 2 is 1.90 bits per heavy atom. The van der Waals surface area contributed by atoms with Gasteiger partial charge in [-0.3, -0.25) is 9.59 Å². The normalized spacial score (nSPS) is 13.1. The van der Waals surface area contributed by atoms with Gasteiger partial charge in [-0.1, -0.05) is 42.5 Å². The van der Waals surface area contributed by atoms with Crippen LogP contribution in [0.1, 0.15) is 33.3 Å². The van der Waals surface area contributed by atoms with Crippen molar-refractivity contribution < 1.29 is 19.1 Å². The molecule has 7 heteroatoms. The Hall–Kier alpha value is -3.19. The molecule has 1 aliphatic rings. The maximum absolute atomic E-state index is 12.9. The number of nitrogens with zero attached hydrogens (tertiary/aromatic N) is 1. The Labute approximate surface area is 178 Å². The van der Waals surface area contributed by atoms with E-state index < -0.39 is 5.97 Å². The van der Waals surface area contributed by atoms with Gasteiger partial charge in [0.05, 0.1) is 25.6 Å². The molecule has 6 nitrogen and oxygen atoms in total. The number of rotatable bonds is 4. The number of ether oxygens (including phenoxy) is 1. The third kappa shape index (κ3) is 3.80. The number of hydrogen-bond acceptors (Lipinski definition) is 5. The summed E-state index contributed by atoms with van der Waals surface area (Å²) >= 11 is 1.34. The standard InChI is InChI=1S/C23H22N2O4S/c1-14(26)25-11-10-18-19(13-25)30-22(21(18)23(28)29-2)24-20(27)12-16-8-5-7-15-6-3-4-9-17(15)16/h3-9H,10-13H2,1-2H3,(H,24,27). The molecular weight excluding hydrogens is 400 g/mol. The fourth-order valence-electron chi connectivity index (χ4n) is 3.87. The maximum Gasteiger partial charge on any atom is 0.341 e. The predicted molar refractivity (Wildman–Crippen MR) is 117 cm³/mol. The van der Waals surface area contributed by atoms with Gasteiger partial charge in [0.15, 0.2) is 0 Å². The van der Waals surface area contributed by atoms with E-state index in [0.29, 0.717) is 30.1 Å². The fourth-order valence-corrected chi connectivity index (χ4v) is 5.14. The summed E-state index contributed by atoms with van der Waals surface area (Å²) in [5, 5.41) is 5.51. The number of hydrogen-bond donors (Lipinski definition) is 1. The minimum absolute atomic E-state index is 0.00444. The van der Waals surface area contributed by atoms with Crippen molar-refractivity contribution in [2.75, 3.05) is 19.0 Å². The van der Waals surface area contributed by atoms with Gasteiger partial charge in [-0.05, 0) is 28.3 Å². The lowest BCUT2D eigenvalue weighted by atomic mass is 10.0. The zero-order valence-electron chi connectivity index (χ0n) is 16.9. The zero-order valence-corrected chi connectivity index (χ0v) is 17.7. The second kappa shape index (κ2) is 8.28. The van der Waals surface area contributed by atoms with Crippen molar-refractivity contribution in [2.24, 2.45) is 0 Å². The Morgan fingerprint density at radius 3 is 2.67 bits per heavy atom. The highest BCUT2D eigenvalue weighted by Gasteiger charge is 2.30. The quantitative estimate of drug-likeness (QED) is 0.650. The van der Waals surface area contributed by atoms with E-state index in [1.54, 1.807) is 4.90 Å².